The zero-order valence-corrected chi connectivity index (χ0v) is 14.0. The second-order valence-electron chi connectivity index (χ2n) is 6.02. The van der Waals surface area contributed by atoms with Gasteiger partial charge in [0.15, 0.2) is 6.04 Å². The number of carbonyl (C=O) groups is 1. The van der Waals surface area contributed by atoms with Gasteiger partial charge in [-0.25, -0.2) is 0 Å². The van der Waals surface area contributed by atoms with Crippen LogP contribution in [0, 0.1) is 0 Å². The predicted molar refractivity (Wildman–Crippen MR) is 89.2 cm³/mol. The lowest BCUT2D eigenvalue weighted by Crippen LogP contribution is -3.12. The first-order chi connectivity index (χ1) is 10.4. The molecular weight excluding hydrogens is 276 g/mol. The molecule has 0 aliphatic heterocycles. The van der Waals surface area contributed by atoms with Crippen molar-refractivity contribution in [2.75, 3.05) is 28.3 Å². The molecule has 0 fully saturated rings. The minimum atomic E-state index is -0.0541. The number of methoxy groups -OCH3 is 1. The highest BCUT2D eigenvalue weighted by molar-refractivity contribution is 5.84. The maximum absolute atomic E-state index is 12.0. The molecule has 0 aromatic heterocycles. The minimum absolute atomic E-state index is 0.0541. The molecule has 0 heterocycles. The highest BCUT2D eigenvalue weighted by atomic mass is 16.5. The third-order valence-electron chi connectivity index (χ3n) is 4.15. The first-order valence-electron chi connectivity index (χ1n) is 7.52. The summed E-state index contributed by atoms with van der Waals surface area (Å²) in [5, 5.41) is 2.36. The number of rotatable bonds is 5. The van der Waals surface area contributed by atoms with E-state index in [0.717, 1.165) is 17.7 Å². The van der Waals surface area contributed by atoms with E-state index in [1.165, 1.54) is 15.8 Å². The Bertz CT molecular complexity index is 667. The van der Waals surface area contributed by atoms with Crippen LogP contribution in [0.2, 0.25) is 0 Å². The van der Waals surface area contributed by atoms with Crippen molar-refractivity contribution in [3.05, 3.63) is 42.0 Å². The normalized spacial score (nSPS) is 13.7. The van der Waals surface area contributed by atoms with Gasteiger partial charge in [0.25, 0.3) is 5.91 Å². The smallest absolute Gasteiger partial charge is 0.280 e. The Labute approximate surface area is 132 Å². The molecule has 1 N–H and O–H groups in total. The van der Waals surface area contributed by atoms with Gasteiger partial charge in [-0.2, -0.15) is 0 Å². The maximum Gasteiger partial charge on any atom is 0.280 e. The Morgan fingerprint density at radius 3 is 2.45 bits per heavy atom. The number of nitrogens with zero attached hydrogens (tertiary/aromatic N) is 1. The first-order valence-corrected chi connectivity index (χ1v) is 7.52. The summed E-state index contributed by atoms with van der Waals surface area (Å²) >= 11 is 0. The van der Waals surface area contributed by atoms with Gasteiger partial charge in [0.05, 0.1) is 14.2 Å². The van der Waals surface area contributed by atoms with Crippen molar-refractivity contribution in [1.82, 2.24) is 4.90 Å². The van der Waals surface area contributed by atoms with Gasteiger partial charge >= 0.3 is 0 Å². The molecule has 4 heteroatoms. The molecular formula is C18H25N2O2+. The molecule has 2 atom stereocenters. The van der Waals surface area contributed by atoms with Crippen LogP contribution in [0.3, 0.4) is 0 Å². The van der Waals surface area contributed by atoms with Crippen LogP contribution in [0.5, 0.6) is 5.75 Å². The highest BCUT2D eigenvalue weighted by Crippen LogP contribution is 2.21. The number of quaternary nitrogens is 1. The van der Waals surface area contributed by atoms with E-state index in [-0.39, 0.29) is 11.9 Å². The van der Waals surface area contributed by atoms with Gasteiger partial charge in [0.2, 0.25) is 0 Å². The van der Waals surface area contributed by atoms with Crippen LogP contribution in [0.1, 0.15) is 12.5 Å². The van der Waals surface area contributed by atoms with Crippen LogP contribution in [0.25, 0.3) is 10.8 Å². The number of nitrogens with one attached hydrogen (secondary N) is 1. The van der Waals surface area contributed by atoms with E-state index >= 15 is 0 Å². The zero-order valence-electron chi connectivity index (χ0n) is 14.0. The van der Waals surface area contributed by atoms with Crippen molar-refractivity contribution in [2.45, 2.75) is 19.5 Å². The maximum atomic E-state index is 12.0. The summed E-state index contributed by atoms with van der Waals surface area (Å²) in [6, 6.07) is 12.4. The third kappa shape index (κ3) is 3.57. The molecule has 2 aromatic carbocycles. The van der Waals surface area contributed by atoms with Gasteiger partial charge in [-0.15, -0.1) is 0 Å². The average Bonchev–Trinajstić information content (AvgIpc) is 2.52. The number of amides is 1. The number of ether oxygens (including phenoxy) is 1. The number of likely N-dealkylation sites (N-methyl/N-ethyl adjacent to an activating group) is 2. The van der Waals surface area contributed by atoms with E-state index in [1.54, 1.807) is 26.1 Å². The molecule has 0 aliphatic carbocycles. The molecule has 1 amide bonds. The molecule has 0 aliphatic rings. The molecule has 0 saturated heterocycles. The molecule has 22 heavy (non-hydrogen) atoms. The molecule has 1 unspecified atom stereocenters. The van der Waals surface area contributed by atoms with Crippen molar-refractivity contribution < 1.29 is 14.4 Å². The highest BCUT2D eigenvalue weighted by Gasteiger charge is 2.23. The molecule has 2 aromatic rings. The van der Waals surface area contributed by atoms with Crippen molar-refractivity contribution >= 4 is 16.7 Å². The number of hydrogen-bond acceptors (Lipinski definition) is 2. The molecule has 0 saturated carbocycles. The summed E-state index contributed by atoms with van der Waals surface area (Å²) in [7, 11) is 7.34. The standard InChI is InChI=1S/C18H24N2O2/c1-13(18(21)19(2)3)20(4)12-14-6-7-16-11-17(22-5)9-8-15(16)10-14/h6-11,13H,12H2,1-5H3/p+1/t13-/m1/s1. The van der Waals surface area contributed by atoms with E-state index in [1.807, 2.05) is 19.1 Å². The fraction of sp³-hybridized carbons (Fsp3) is 0.389. The minimum Gasteiger partial charge on any atom is -0.497 e. The molecule has 0 bridgehead atoms. The largest absolute Gasteiger partial charge is 0.497 e. The van der Waals surface area contributed by atoms with E-state index < -0.39 is 0 Å². The van der Waals surface area contributed by atoms with Gasteiger partial charge in [0.1, 0.15) is 12.3 Å². The second-order valence-corrected chi connectivity index (χ2v) is 6.02. The van der Waals surface area contributed by atoms with Gasteiger partial charge < -0.3 is 14.5 Å². The Morgan fingerprint density at radius 1 is 1.18 bits per heavy atom. The molecule has 0 radical (unpaired) electrons. The second kappa shape index (κ2) is 6.79. The fourth-order valence-corrected chi connectivity index (χ4v) is 2.58. The first kappa shape index (κ1) is 16.3. The van der Waals surface area contributed by atoms with Gasteiger partial charge in [-0.05, 0) is 35.9 Å². The Kier molecular flexibility index (Phi) is 5.03. The average molecular weight is 301 g/mol. The zero-order chi connectivity index (χ0) is 16.3. The fourth-order valence-electron chi connectivity index (χ4n) is 2.58. The quantitative estimate of drug-likeness (QED) is 0.904. The van der Waals surface area contributed by atoms with E-state index in [0.29, 0.717) is 0 Å². The topological polar surface area (TPSA) is 34.0 Å². The monoisotopic (exact) mass is 301 g/mol. The summed E-state index contributed by atoms with van der Waals surface area (Å²) in [6.07, 6.45) is 0. The van der Waals surface area contributed by atoms with E-state index in [2.05, 4.69) is 31.3 Å². The Morgan fingerprint density at radius 2 is 1.82 bits per heavy atom. The Hall–Kier alpha value is -2.07. The number of carbonyl (C=O) groups excluding carboxylic acids is 1. The van der Waals surface area contributed by atoms with Crippen molar-refractivity contribution in [2.24, 2.45) is 0 Å². The number of benzene rings is 2. The van der Waals surface area contributed by atoms with Crippen molar-refractivity contribution in [3.63, 3.8) is 0 Å². The van der Waals surface area contributed by atoms with Gasteiger partial charge in [0, 0.05) is 19.7 Å². The van der Waals surface area contributed by atoms with Crippen LogP contribution >= 0.6 is 0 Å². The molecule has 2 rings (SSSR count). The predicted octanol–water partition coefficient (Wildman–Crippen LogP) is 1.34. The molecule has 0 spiro atoms. The SMILES string of the molecule is COc1ccc2cc(C[NH+](C)[C@H](C)C(=O)N(C)C)ccc2c1. The molecule has 4 nitrogen and oxygen atoms in total. The summed E-state index contributed by atoms with van der Waals surface area (Å²) in [4.78, 5) is 14.9. The van der Waals surface area contributed by atoms with Crippen LogP contribution < -0.4 is 9.64 Å². The summed E-state index contributed by atoms with van der Waals surface area (Å²) in [5.74, 6) is 1.02. The third-order valence-corrected chi connectivity index (χ3v) is 4.15. The van der Waals surface area contributed by atoms with Crippen LogP contribution in [0.15, 0.2) is 36.4 Å². The van der Waals surface area contributed by atoms with E-state index in [9.17, 15) is 4.79 Å². The van der Waals surface area contributed by atoms with Crippen molar-refractivity contribution in [3.8, 4) is 5.75 Å². The van der Waals surface area contributed by atoms with Crippen LogP contribution in [0.4, 0.5) is 0 Å². The molecule has 118 valence electrons. The van der Waals surface area contributed by atoms with Gasteiger partial charge in [-0.3, -0.25) is 4.79 Å². The lowest BCUT2D eigenvalue weighted by Gasteiger charge is -2.23. The van der Waals surface area contributed by atoms with Crippen LogP contribution in [-0.4, -0.2) is 45.1 Å². The summed E-state index contributed by atoms with van der Waals surface area (Å²) in [5.41, 5.74) is 1.23. The lowest BCUT2D eigenvalue weighted by molar-refractivity contribution is -0.908. The van der Waals surface area contributed by atoms with Crippen LogP contribution in [-0.2, 0) is 11.3 Å². The number of hydrogen-bond donors (Lipinski definition) is 1. The van der Waals surface area contributed by atoms with Crippen molar-refractivity contribution in [1.29, 1.82) is 0 Å². The number of fused-ring (bicyclic) bond motifs is 1. The summed E-state index contributed by atoms with van der Waals surface area (Å²) in [6.45, 7) is 2.80. The van der Waals surface area contributed by atoms with E-state index in [4.69, 9.17) is 4.74 Å². The Balaban J connectivity index is 2.16. The lowest BCUT2D eigenvalue weighted by atomic mass is 10.1. The summed E-state index contributed by atoms with van der Waals surface area (Å²) < 4.78 is 5.25. The van der Waals surface area contributed by atoms with Gasteiger partial charge in [-0.1, -0.05) is 18.2 Å².